The fourth-order valence-electron chi connectivity index (χ4n) is 3.59. The van der Waals surface area contributed by atoms with Gasteiger partial charge in [0.05, 0.1) is 41.4 Å². The average molecular weight is 512 g/mol. The highest BCUT2D eigenvalue weighted by molar-refractivity contribution is 7.89. The number of nitrogens with zero attached hydrogens (tertiary/aromatic N) is 4. The number of rotatable bonds is 6. The average Bonchev–Trinajstić information content (AvgIpc) is 3.54. The molecule has 180 valence electrons. The van der Waals surface area contributed by atoms with Crippen molar-refractivity contribution >= 4 is 33.3 Å². The molecule has 4 aromatic rings. The van der Waals surface area contributed by atoms with Gasteiger partial charge in [-0.2, -0.15) is 9.41 Å². The molecule has 0 amide bonds. The molecule has 35 heavy (non-hydrogen) atoms. The van der Waals surface area contributed by atoms with Gasteiger partial charge in [-0.05, 0) is 60.7 Å². The number of morpholine rings is 1. The van der Waals surface area contributed by atoms with Crippen molar-refractivity contribution in [1.29, 1.82) is 0 Å². The molecule has 8 nitrogen and oxygen atoms in total. The number of aromatic nitrogens is 2. The van der Waals surface area contributed by atoms with E-state index in [1.165, 1.54) is 27.8 Å². The normalized spacial score (nSPS) is 15.7. The topological polar surface area (TPSA) is 92.0 Å². The van der Waals surface area contributed by atoms with E-state index in [2.05, 4.69) is 10.1 Å². The van der Waals surface area contributed by atoms with E-state index in [1.54, 1.807) is 53.5 Å². The Morgan fingerprint density at radius 2 is 1.77 bits per heavy atom. The van der Waals surface area contributed by atoms with Crippen molar-refractivity contribution in [3.63, 3.8) is 0 Å². The lowest BCUT2D eigenvalue weighted by Crippen LogP contribution is -2.40. The van der Waals surface area contributed by atoms with E-state index >= 15 is 0 Å². The quantitative estimate of drug-likeness (QED) is 0.399. The van der Waals surface area contributed by atoms with Crippen LogP contribution in [0.1, 0.15) is 5.69 Å². The molecular weight excluding hydrogens is 489 g/mol. The summed E-state index contributed by atoms with van der Waals surface area (Å²) in [6.07, 6.45) is 3.48. The van der Waals surface area contributed by atoms with Crippen LogP contribution in [0.5, 0.6) is 0 Å². The van der Waals surface area contributed by atoms with E-state index in [9.17, 15) is 12.8 Å². The van der Waals surface area contributed by atoms with Crippen molar-refractivity contribution in [2.45, 2.75) is 4.90 Å². The van der Waals surface area contributed by atoms with Crippen LogP contribution in [-0.2, 0) is 14.8 Å². The molecular formula is C24H22FN5O3S2. The van der Waals surface area contributed by atoms with E-state index in [0.717, 1.165) is 17.0 Å². The zero-order valence-electron chi connectivity index (χ0n) is 18.5. The molecule has 5 rings (SSSR count). The number of benzene rings is 2. The van der Waals surface area contributed by atoms with Crippen molar-refractivity contribution < 1.29 is 17.5 Å². The maximum atomic E-state index is 13.5. The van der Waals surface area contributed by atoms with Gasteiger partial charge in [0.2, 0.25) is 14.8 Å². The highest BCUT2D eigenvalue weighted by atomic mass is 32.2. The van der Waals surface area contributed by atoms with E-state index in [0.29, 0.717) is 36.8 Å². The molecule has 1 aliphatic heterocycles. The van der Waals surface area contributed by atoms with Crippen molar-refractivity contribution in [2.75, 3.05) is 26.3 Å². The molecule has 0 saturated carbocycles. The van der Waals surface area contributed by atoms with Gasteiger partial charge in [-0.25, -0.2) is 22.5 Å². The molecule has 0 bridgehead atoms. The van der Waals surface area contributed by atoms with Crippen LogP contribution < -0.4 is 4.80 Å². The molecule has 1 fully saturated rings. The van der Waals surface area contributed by atoms with Gasteiger partial charge in [0, 0.05) is 30.2 Å². The number of thiazole rings is 1. The van der Waals surface area contributed by atoms with E-state index in [1.807, 2.05) is 17.5 Å². The summed E-state index contributed by atoms with van der Waals surface area (Å²) in [5.41, 5.74) is 2.95. The van der Waals surface area contributed by atoms with Gasteiger partial charge >= 0.3 is 0 Å². The molecule has 0 radical (unpaired) electrons. The maximum absolute atomic E-state index is 13.5. The minimum absolute atomic E-state index is 0.217. The first-order valence-corrected chi connectivity index (χ1v) is 13.2. The van der Waals surface area contributed by atoms with Crippen LogP contribution in [0.4, 0.5) is 10.1 Å². The van der Waals surface area contributed by atoms with Crippen LogP contribution in [0.15, 0.2) is 87.2 Å². The number of nitrogens with one attached hydrogen (secondary N) is 1. The second-order valence-electron chi connectivity index (χ2n) is 7.71. The second kappa shape index (κ2) is 10.1. The lowest BCUT2D eigenvalue weighted by atomic mass is 10.2. The molecule has 0 atom stereocenters. The Bertz CT molecular complexity index is 1480. The molecule has 1 aliphatic rings. The smallest absolute Gasteiger partial charge is 0.243 e. The summed E-state index contributed by atoms with van der Waals surface area (Å²) in [6.45, 7) is 1.47. The van der Waals surface area contributed by atoms with Crippen LogP contribution in [0, 0.1) is 5.82 Å². The zero-order valence-corrected chi connectivity index (χ0v) is 20.2. The highest BCUT2D eigenvalue weighted by Gasteiger charge is 2.26. The van der Waals surface area contributed by atoms with Gasteiger partial charge in [0.25, 0.3) is 0 Å². The Morgan fingerprint density at radius 3 is 2.46 bits per heavy atom. The fraction of sp³-hybridized carbons (Fsp3) is 0.167. The van der Waals surface area contributed by atoms with E-state index in [-0.39, 0.29) is 10.7 Å². The molecule has 0 spiro atoms. The molecule has 0 unspecified atom stereocenters. The lowest BCUT2D eigenvalue weighted by Gasteiger charge is -2.26. The lowest BCUT2D eigenvalue weighted by molar-refractivity contribution is 0.0730. The van der Waals surface area contributed by atoms with Crippen LogP contribution in [0.3, 0.4) is 0 Å². The summed E-state index contributed by atoms with van der Waals surface area (Å²) in [6, 6.07) is 16.4. The summed E-state index contributed by atoms with van der Waals surface area (Å²) in [5.74, 6) is -0.317. The second-order valence-corrected chi connectivity index (χ2v) is 10.5. The van der Waals surface area contributed by atoms with E-state index in [4.69, 9.17) is 9.73 Å². The molecule has 2 aromatic carbocycles. The Hall–Kier alpha value is -3.38. The molecule has 1 saturated heterocycles. The molecule has 1 N–H and O–H groups in total. The van der Waals surface area contributed by atoms with Gasteiger partial charge in [-0.15, -0.1) is 11.3 Å². The number of halogens is 1. The van der Waals surface area contributed by atoms with Crippen LogP contribution in [-0.4, -0.2) is 54.9 Å². The van der Waals surface area contributed by atoms with Gasteiger partial charge in [-0.1, -0.05) is 0 Å². The van der Waals surface area contributed by atoms with Gasteiger partial charge in [0.15, 0.2) is 0 Å². The minimum Gasteiger partial charge on any atom is -0.379 e. The van der Waals surface area contributed by atoms with Crippen molar-refractivity contribution in [2.24, 2.45) is 10.1 Å². The first kappa shape index (κ1) is 23.4. The summed E-state index contributed by atoms with van der Waals surface area (Å²) in [7, 11) is -3.58. The number of hydrogen-bond acceptors (Lipinski definition) is 6. The molecule has 0 aliphatic carbocycles. The largest absolute Gasteiger partial charge is 0.379 e. The van der Waals surface area contributed by atoms with E-state index < -0.39 is 10.0 Å². The number of hydrogen-bond donors (Lipinski definition) is 1. The Morgan fingerprint density at radius 1 is 1.03 bits per heavy atom. The Labute approximate surface area is 205 Å². The van der Waals surface area contributed by atoms with Crippen molar-refractivity contribution in [1.82, 2.24) is 14.0 Å². The van der Waals surface area contributed by atoms with Crippen molar-refractivity contribution in [3.8, 4) is 11.3 Å². The number of ether oxygens (including phenoxy) is 1. The maximum Gasteiger partial charge on any atom is 0.243 e. The number of H-pyrrole nitrogens is 1. The summed E-state index contributed by atoms with van der Waals surface area (Å²) < 4.78 is 47.6. The molecule has 11 heteroatoms. The fourth-order valence-corrected chi connectivity index (χ4v) is 5.86. The number of sulfonamides is 1. The third-order valence-corrected chi connectivity index (χ3v) is 8.16. The monoisotopic (exact) mass is 511 g/mol. The summed E-state index contributed by atoms with van der Waals surface area (Å²) >= 11 is 1.38. The van der Waals surface area contributed by atoms with Gasteiger partial charge in [-0.3, -0.25) is 0 Å². The highest BCUT2D eigenvalue weighted by Crippen LogP contribution is 2.23. The Balaban J connectivity index is 1.50. The third kappa shape index (κ3) is 5.17. The van der Waals surface area contributed by atoms with Gasteiger partial charge in [0.1, 0.15) is 5.82 Å². The Kier molecular flexibility index (Phi) is 6.73. The third-order valence-electron chi connectivity index (χ3n) is 5.43. The standard InChI is InChI=1S/C24H22FN5O3S2/c25-19-5-3-18(4-6-19)23-17-34-24(30(23)27-16-21-2-1-11-26-21)28-20-7-9-22(10-8-20)35(31,32)29-12-14-33-15-13-29/h1-11,16-17,26H,12-15H2. The molecule has 3 heterocycles. The predicted octanol–water partition coefficient (Wildman–Crippen LogP) is 3.82. The van der Waals surface area contributed by atoms with Crippen LogP contribution >= 0.6 is 11.3 Å². The predicted molar refractivity (Wildman–Crippen MR) is 133 cm³/mol. The van der Waals surface area contributed by atoms with Crippen LogP contribution in [0.2, 0.25) is 0 Å². The van der Waals surface area contributed by atoms with Gasteiger partial charge < -0.3 is 9.72 Å². The first-order valence-electron chi connectivity index (χ1n) is 10.9. The molecule has 2 aromatic heterocycles. The SMILES string of the molecule is O=S(=O)(c1ccc(N=c2scc(-c3ccc(F)cc3)n2N=Cc2ccc[nH]2)cc1)N1CCOCC1. The number of aromatic amines is 1. The van der Waals surface area contributed by atoms with Crippen LogP contribution in [0.25, 0.3) is 11.3 Å². The summed E-state index contributed by atoms with van der Waals surface area (Å²) in [5, 5.41) is 6.49. The summed E-state index contributed by atoms with van der Waals surface area (Å²) in [4.78, 5) is 8.57. The first-order chi connectivity index (χ1) is 17.0. The minimum atomic E-state index is -3.58. The zero-order chi connectivity index (χ0) is 24.3. The van der Waals surface area contributed by atoms with Crippen molar-refractivity contribution in [3.05, 3.63) is 88.6 Å².